The lowest BCUT2D eigenvalue weighted by molar-refractivity contribution is 0.249. The van der Waals surface area contributed by atoms with Crippen LogP contribution in [0.25, 0.3) is 0 Å². The zero-order valence-electron chi connectivity index (χ0n) is 13.4. The average molecular weight is 358 g/mol. The van der Waals surface area contributed by atoms with Crippen molar-refractivity contribution in [3.63, 3.8) is 0 Å². The molecule has 7 nitrogen and oxygen atoms in total. The highest BCUT2D eigenvalue weighted by molar-refractivity contribution is 7.91. The van der Waals surface area contributed by atoms with Gasteiger partial charge < -0.3 is 10.6 Å². The molecule has 0 saturated carbocycles. The molecule has 1 unspecified atom stereocenters. The van der Waals surface area contributed by atoms with Gasteiger partial charge in [-0.2, -0.15) is 10.2 Å². The van der Waals surface area contributed by atoms with Gasteiger partial charge in [-0.25, -0.2) is 13.2 Å². The lowest BCUT2D eigenvalue weighted by Gasteiger charge is -2.12. The first-order valence-electron chi connectivity index (χ1n) is 7.85. The van der Waals surface area contributed by atoms with Gasteiger partial charge in [0.15, 0.2) is 9.84 Å². The summed E-state index contributed by atoms with van der Waals surface area (Å²) in [4.78, 5) is 11.9. The predicted octanol–water partition coefficient (Wildman–Crippen LogP) is 3.41. The molecule has 8 heteroatoms. The molecule has 1 atom stereocenters. The van der Waals surface area contributed by atoms with E-state index in [1.54, 1.807) is 24.3 Å². The van der Waals surface area contributed by atoms with Crippen LogP contribution in [-0.2, 0) is 9.84 Å². The van der Waals surface area contributed by atoms with Crippen molar-refractivity contribution in [1.82, 2.24) is 5.32 Å². The Morgan fingerprint density at radius 3 is 2.20 bits per heavy atom. The van der Waals surface area contributed by atoms with E-state index in [0.29, 0.717) is 17.8 Å². The minimum absolute atomic E-state index is 0.000766. The molecule has 2 amide bonds. The number of azo groups is 1. The molecule has 0 radical (unpaired) electrons. The van der Waals surface area contributed by atoms with Crippen LogP contribution in [0.2, 0.25) is 0 Å². The van der Waals surface area contributed by atoms with Crippen molar-refractivity contribution in [1.29, 1.82) is 0 Å². The van der Waals surface area contributed by atoms with Crippen molar-refractivity contribution in [2.75, 3.05) is 16.8 Å². The molecule has 0 aromatic heterocycles. The molecular formula is C17H18N4O3S. The summed E-state index contributed by atoms with van der Waals surface area (Å²) in [5.74, 6) is 0.123. The van der Waals surface area contributed by atoms with E-state index in [1.807, 2.05) is 30.3 Å². The van der Waals surface area contributed by atoms with Gasteiger partial charge in [0.1, 0.15) is 0 Å². The summed E-state index contributed by atoms with van der Waals surface area (Å²) in [5.41, 5.74) is 2.02. The quantitative estimate of drug-likeness (QED) is 0.819. The Morgan fingerprint density at radius 1 is 0.960 bits per heavy atom. The largest absolute Gasteiger partial charge is 0.334 e. The Kier molecular flexibility index (Phi) is 5.08. The fraction of sp³-hybridized carbons (Fsp3) is 0.235. The van der Waals surface area contributed by atoms with Crippen LogP contribution in [0.15, 0.2) is 64.8 Å². The third kappa shape index (κ3) is 5.12. The fourth-order valence-electron chi connectivity index (χ4n) is 2.48. The molecule has 0 spiro atoms. The van der Waals surface area contributed by atoms with E-state index in [4.69, 9.17) is 0 Å². The number of anilines is 1. The second kappa shape index (κ2) is 7.43. The summed E-state index contributed by atoms with van der Waals surface area (Å²) in [6.45, 7) is 0. The zero-order valence-corrected chi connectivity index (χ0v) is 14.2. The number of sulfone groups is 1. The molecular weight excluding hydrogens is 340 g/mol. The maximum absolute atomic E-state index is 11.9. The molecule has 1 aliphatic rings. The minimum atomic E-state index is -3.01. The number of rotatable bonds is 4. The number of carbonyl (C=O) groups excluding carboxylic acids is 1. The van der Waals surface area contributed by atoms with Gasteiger partial charge in [0.2, 0.25) is 0 Å². The summed E-state index contributed by atoms with van der Waals surface area (Å²) < 4.78 is 22.8. The van der Waals surface area contributed by atoms with Gasteiger partial charge in [-0.1, -0.05) is 18.2 Å². The Bertz CT molecular complexity index is 865. The van der Waals surface area contributed by atoms with E-state index in [-0.39, 0.29) is 17.5 Å². The molecule has 0 bridgehead atoms. The van der Waals surface area contributed by atoms with Crippen molar-refractivity contribution in [2.24, 2.45) is 10.2 Å². The van der Waals surface area contributed by atoms with Gasteiger partial charge >= 0.3 is 6.03 Å². The van der Waals surface area contributed by atoms with Crippen LogP contribution in [0.5, 0.6) is 0 Å². The average Bonchev–Trinajstić information content (AvgIpc) is 2.93. The van der Waals surface area contributed by atoms with Gasteiger partial charge in [-0.15, -0.1) is 0 Å². The van der Waals surface area contributed by atoms with E-state index in [2.05, 4.69) is 20.9 Å². The molecule has 2 aromatic rings. The van der Waals surface area contributed by atoms with Crippen molar-refractivity contribution < 1.29 is 13.2 Å². The van der Waals surface area contributed by atoms with Crippen molar-refractivity contribution in [3.05, 3.63) is 54.6 Å². The second-order valence-corrected chi connectivity index (χ2v) is 8.01. The number of hydrogen-bond donors (Lipinski definition) is 2. The van der Waals surface area contributed by atoms with E-state index in [0.717, 1.165) is 5.69 Å². The molecule has 0 aliphatic carbocycles. The van der Waals surface area contributed by atoms with Crippen molar-refractivity contribution in [3.8, 4) is 0 Å². The highest BCUT2D eigenvalue weighted by Gasteiger charge is 2.28. The molecule has 130 valence electrons. The highest BCUT2D eigenvalue weighted by atomic mass is 32.2. The Morgan fingerprint density at radius 2 is 1.60 bits per heavy atom. The topological polar surface area (TPSA) is 100.0 Å². The molecule has 1 fully saturated rings. The van der Waals surface area contributed by atoms with Crippen LogP contribution in [-0.4, -0.2) is 32.0 Å². The summed E-state index contributed by atoms with van der Waals surface area (Å²) in [6.07, 6.45) is 0.453. The normalized spacial score (nSPS) is 19.0. The summed E-state index contributed by atoms with van der Waals surface area (Å²) in [5, 5.41) is 13.6. The maximum Gasteiger partial charge on any atom is 0.319 e. The first-order chi connectivity index (χ1) is 12.0. The predicted molar refractivity (Wildman–Crippen MR) is 96.3 cm³/mol. The number of benzene rings is 2. The Balaban J connectivity index is 1.54. The van der Waals surface area contributed by atoms with E-state index < -0.39 is 15.9 Å². The van der Waals surface area contributed by atoms with Gasteiger partial charge in [0.05, 0.1) is 22.9 Å². The molecule has 2 N–H and O–H groups in total. The second-order valence-electron chi connectivity index (χ2n) is 5.78. The standard InChI is InChI=1S/C17H18N4O3S/c22-17(19-16-10-11-25(23,24)12-16)18-13-6-8-15(9-7-13)21-20-14-4-2-1-3-5-14/h1-9,16H,10-12H2,(H2,18,19,22). The van der Waals surface area contributed by atoms with E-state index in [1.165, 1.54) is 0 Å². The summed E-state index contributed by atoms with van der Waals surface area (Å²) in [7, 11) is -3.01. The number of nitrogens with one attached hydrogen (secondary N) is 2. The minimum Gasteiger partial charge on any atom is -0.334 e. The fourth-order valence-corrected chi connectivity index (χ4v) is 4.16. The van der Waals surface area contributed by atoms with Crippen LogP contribution in [0.3, 0.4) is 0 Å². The van der Waals surface area contributed by atoms with Crippen molar-refractivity contribution in [2.45, 2.75) is 12.5 Å². The van der Waals surface area contributed by atoms with Gasteiger partial charge in [-0.05, 0) is 42.8 Å². The smallest absolute Gasteiger partial charge is 0.319 e. The molecule has 1 heterocycles. The number of hydrogen-bond acceptors (Lipinski definition) is 5. The van der Waals surface area contributed by atoms with Crippen LogP contribution in [0.1, 0.15) is 6.42 Å². The zero-order chi connectivity index (χ0) is 17.7. The summed E-state index contributed by atoms with van der Waals surface area (Å²) in [6, 6.07) is 15.5. The van der Waals surface area contributed by atoms with E-state index >= 15 is 0 Å². The number of carbonyl (C=O) groups is 1. The van der Waals surface area contributed by atoms with Crippen LogP contribution in [0, 0.1) is 0 Å². The lowest BCUT2D eigenvalue weighted by Crippen LogP contribution is -2.38. The first-order valence-corrected chi connectivity index (χ1v) is 9.67. The SMILES string of the molecule is O=C(Nc1ccc(N=Nc2ccccc2)cc1)NC1CCS(=O)(=O)C1. The first kappa shape index (κ1) is 17.1. The summed E-state index contributed by atoms with van der Waals surface area (Å²) >= 11 is 0. The third-order valence-corrected chi connectivity index (χ3v) is 5.50. The molecule has 25 heavy (non-hydrogen) atoms. The van der Waals surface area contributed by atoms with Crippen molar-refractivity contribution >= 4 is 32.9 Å². The lowest BCUT2D eigenvalue weighted by atomic mass is 10.2. The van der Waals surface area contributed by atoms with Gasteiger partial charge in [0, 0.05) is 11.7 Å². The van der Waals surface area contributed by atoms with E-state index in [9.17, 15) is 13.2 Å². The Hall–Kier alpha value is -2.74. The highest BCUT2D eigenvalue weighted by Crippen LogP contribution is 2.20. The van der Waals surface area contributed by atoms with Gasteiger partial charge in [-0.3, -0.25) is 0 Å². The van der Waals surface area contributed by atoms with Crippen LogP contribution >= 0.6 is 0 Å². The van der Waals surface area contributed by atoms with Gasteiger partial charge in [0.25, 0.3) is 0 Å². The monoisotopic (exact) mass is 358 g/mol. The number of urea groups is 1. The maximum atomic E-state index is 11.9. The Labute approximate surface area is 146 Å². The molecule has 3 rings (SSSR count). The molecule has 1 aliphatic heterocycles. The molecule has 2 aromatic carbocycles. The molecule has 1 saturated heterocycles. The van der Waals surface area contributed by atoms with Crippen LogP contribution in [0.4, 0.5) is 21.9 Å². The number of nitrogens with zero attached hydrogens (tertiary/aromatic N) is 2. The van der Waals surface area contributed by atoms with Crippen LogP contribution < -0.4 is 10.6 Å². The number of amides is 2. The third-order valence-electron chi connectivity index (χ3n) is 3.73.